The number of piperazine rings is 2. The van der Waals surface area contributed by atoms with Crippen molar-refractivity contribution in [2.45, 2.75) is 43.4 Å². The van der Waals surface area contributed by atoms with Crippen molar-refractivity contribution in [1.82, 2.24) is 29.5 Å². The first kappa shape index (κ1) is 43.6. The molecule has 300 valence electrons. The number of carbonyl (C=O) groups excluding carboxylic acids is 2. The third-order valence-corrected chi connectivity index (χ3v) is 14.5. The fraction of sp³-hybridized carbons (Fsp3) is 0.394. The van der Waals surface area contributed by atoms with Crippen LogP contribution < -0.4 is 26.7 Å². The lowest BCUT2D eigenvalue weighted by molar-refractivity contribution is 0.0706. The monoisotopic (exact) mass is 839 g/mol. The smallest absolute Gasteiger partial charge is 0.286 e. The largest absolute Gasteiger partial charge is 0.345 e. The molecule has 4 heterocycles. The van der Waals surface area contributed by atoms with Crippen molar-refractivity contribution in [3.05, 3.63) is 81.3 Å². The fourth-order valence-electron chi connectivity index (χ4n) is 5.88. The van der Waals surface area contributed by atoms with Gasteiger partial charge >= 0.3 is 0 Å². The average molecular weight is 840 g/mol. The van der Waals surface area contributed by atoms with Crippen molar-refractivity contribution in [2.75, 3.05) is 62.2 Å². The van der Waals surface area contributed by atoms with Crippen LogP contribution >= 0.6 is 22.7 Å². The second kappa shape index (κ2) is 19.7. The number of benzene rings is 2. The predicted octanol–water partition coefficient (Wildman–Crippen LogP) is 2.45. The topological polar surface area (TPSA) is 252 Å². The van der Waals surface area contributed by atoms with Gasteiger partial charge in [-0.2, -0.15) is 8.61 Å². The zero-order valence-electron chi connectivity index (χ0n) is 30.5. The third-order valence-electron chi connectivity index (χ3n) is 8.59. The minimum atomic E-state index is -3.53. The highest BCUT2D eigenvalue weighted by atomic mass is 32.2. The summed E-state index contributed by atoms with van der Waals surface area (Å²) in [7, 11) is -7.05. The lowest BCUT2D eigenvalue weighted by Gasteiger charge is -2.33. The van der Waals surface area contributed by atoms with Gasteiger partial charge in [0.15, 0.2) is 10.3 Å². The summed E-state index contributed by atoms with van der Waals surface area (Å²) in [6.07, 6.45) is 4.74. The van der Waals surface area contributed by atoms with E-state index in [9.17, 15) is 26.4 Å². The molecular formula is C33H45N9O9S4. The first-order chi connectivity index (χ1) is 26.3. The molecule has 6 rings (SSSR count). The van der Waals surface area contributed by atoms with Crippen LogP contribution in [0, 0.1) is 13.8 Å². The van der Waals surface area contributed by atoms with Crippen molar-refractivity contribution >= 4 is 64.8 Å². The first-order valence-electron chi connectivity index (χ1n) is 17.0. The Kier molecular flexibility index (Phi) is 15.6. The Bertz CT molecular complexity index is 2090. The standard InChI is InChI=1S/C17H22N4O4S2.C16H20N4O4S2.H3NO/c1-2-3-13-4-6-14(7-5-13)27(24,25)21-10-8-20(9-11-21)17-18-12-15(26-17)16(22)19-23;1-11-7-12(2)9-13(8-11)26(23,24)20-5-3-19(4-6-20)16-17-10-14(25-16)15(21)18-22;1-2/h4-7,12,23H,2-3,8-11H2,1H3,(H,19,22);7-10,22H,3-6H2,1-2H3,(H,18,21);2H,1H2. The first-order valence-corrected chi connectivity index (χ1v) is 21.5. The summed E-state index contributed by atoms with van der Waals surface area (Å²) in [6, 6.07) is 12.4. The molecule has 0 unspecified atom stereocenters. The molecule has 2 aromatic heterocycles. The quantitative estimate of drug-likeness (QED) is 0.0992. The van der Waals surface area contributed by atoms with E-state index >= 15 is 0 Å². The summed E-state index contributed by atoms with van der Waals surface area (Å²) in [6.45, 7) is 9.18. The number of carbonyl (C=O) groups is 2. The van der Waals surface area contributed by atoms with Crippen LogP contribution in [-0.2, 0) is 26.5 Å². The van der Waals surface area contributed by atoms with Crippen molar-refractivity contribution in [3.8, 4) is 0 Å². The van der Waals surface area contributed by atoms with Crippen LogP contribution in [0.1, 0.15) is 49.4 Å². The Labute approximate surface area is 327 Å². The summed E-state index contributed by atoms with van der Waals surface area (Å²) in [4.78, 5) is 36.3. The van der Waals surface area contributed by atoms with Gasteiger partial charge in [-0.25, -0.2) is 43.7 Å². The van der Waals surface area contributed by atoms with E-state index in [0.717, 1.165) is 52.2 Å². The van der Waals surface area contributed by atoms with Crippen LogP contribution in [0.2, 0.25) is 0 Å². The minimum Gasteiger partial charge on any atom is -0.345 e. The van der Waals surface area contributed by atoms with E-state index in [0.29, 0.717) is 82.2 Å². The van der Waals surface area contributed by atoms with Crippen molar-refractivity contribution < 1.29 is 42.0 Å². The van der Waals surface area contributed by atoms with E-state index in [1.165, 1.54) is 21.0 Å². The average Bonchev–Trinajstić information content (AvgIpc) is 3.90. The molecule has 0 saturated carbocycles. The van der Waals surface area contributed by atoms with Gasteiger partial charge < -0.3 is 15.0 Å². The number of nitrogens with zero attached hydrogens (tertiary/aromatic N) is 6. The van der Waals surface area contributed by atoms with Gasteiger partial charge in [0.2, 0.25) is 20.0 Å². The Morgan fingerprint density at radius 2 is 1.09 bits per heavy atom. The molecule has 55 heavy (non-hydrogen) atoms. The molecule has 2 aromatic carbocycles. The number of amides is 2. The highest BCUT2D eigenvalue weighted by Crippen LogP contribution is 2.27. The summed E-state index contributed by atoms with van der Waals surface area (Å²) in [5.74, 6) is 2.29. The molecule has 2 aliphatic heterocycles. The second-order valence-electron chi connectivity index (χ2n) is 12.4. The van der Waals surface area contributed by atoms with Gasteiger partial charge in [0, 0.05) is 52.4 Å². The van der Waals surface area contributed by atoms with Crippen LogP contribution in [0.15, 0.2) is 64.6 Å². The van der Waals surface area contributed by atoms with Gasteiger partial charge in [-0.05, 0) is 61.2 Å². The molecule has 7 N–H and O–H groups in total. The van der Waals surface area contributed by atoms with Gasteiger partial charge in [-0.15, -0.1) is 0 Å². The number of nitrogens with two attached hydrogens (primary N) is 1. The number of sulfonamides is 2. The molecule has 2 saturated heterocycles. The van der Waals surface area contributed by atoms with Gasteiger partial charge in [-0.3, -0.25) is 20.0 Å². The highest BCUT2D eigenvalue weighted by molar-refractivity contribution is 7.89. The number of hydrogen-bond acceptors (Lipinski definition) is 16. The molecular weight excluding hydrogens is 795 g/mol. The van der Waals surface area contributed by atoms with Gasteiger partial charge in [0.1, 0.15) is 9.75 Å². The SMILES string of the molecule is CCCc1ccc(S(=O)(=O)N2CCN(c3ncc(C(=O)NO)s3)CC2)cc1.Cc1cc(C)cc(S(=O)(=O)N2CCN(c3ncc(C(=O)NO)s3)CC2)c1.NO. The normalized spacial score (nSPS) is 15.3. The van der Waals surface area contributed by atoms with Crippen LogP contribution in [0.3, 0.4) is 0 Å². The number of thiazole rings is 2. The van der Waals surface area contributed by atoms with Crippen LogP contribution in [0.5, 0.6) is 0 Å². The van der Waals surface area contributed by atoms with E-state index < -0.39 is 31.9 Å². The van der Waals surface area contributed by atoms with E-state index in [-0.39, 0.29) is 0 Å². The summed E-state index contributed by atoms with van der Waals surface area (Å²) in [5.41, 5.74) is 6.12. The highest BCUT2D eigenvalue weighted by Gasteiger charge is 2.31. The number of aromatic nitrogens is 2. The molecule has 22 heteroatoms. The van der Waals surface area contributed by atoms with Crippen LogP contribution in [0.4, 0.5) is 10.3 Å². The third kappa shape index (κ3) is 10.8. The van der Waals surface area contributed by atoms with Crippen LogP contribution in [0.25, 0.3) is 0 Å². The molecule has 4 aromatic rings. The second-order valence-corrected chi connectivity index (χ2v) is 18.3. The lowest BCUT2D eigenvalue weighted by Crippen LogP contribution is -2.48. The number of nitrogens with one attached hydrogen (secondary N) is 2. The molecule has 2 aliphatic rings. The maximum atomic E-state index is 12.9. The molecule has 0 radical (unpaired) electrons. The number of hydrogen-bond donors (Lipinski definition) is 6. The molecule has 0 bridgehead atoms. The molecule has 2 amide bonds. The number of anilines is 2. The Balaban J connectivity index is 0.000000234. The lowest BCUT2D eigenvalue weighted by atomic mass is 10.1. The maximum Gasteiger partial charge on any atom is 0.286 e. The van der Waals surface area contributed by atoms with E-state index in [1.54, 1.807) is 35.2 Å². The number of aryl methyl sites for hydroxylation is 3. The number of hydroxylamine groups is 2. The zero-order chi connectivity index (χ0) is 40.3. The van der Waals surface area contributed by atoms with E-state index in [4.69, 9.17) is 15.6 Å². The summed E-state index contributed by atoms with van der Waals surface area (Å²) < 4.78 is 54.4. The molecule has 2 fully saturated rings. The molecule has 0 spiro atoms. The summed E-state index contributed by atoms with van der Waals surface area (Å²) in [5, 5.41) is 25.1. The van der Waals surface area contributed by atoms with E-state index in [1.807, 2.05) is 41.8 Å². The number of rotatable bonds is 10. The Morgan fingerprint density at radius 3 is 1.47 bits per heavy atom. The van der Waals surface area contributed by atoms with E-state index in [2.05, 4.69) is 22.8 Å². The fourth-order valence-corrected chi connectivity index (χ4v) is 10.6. The van der Waals surface area contributed by atoms with Crippen molar-refractivity contribution in [1.29, 1.82) is 0 Å². The maximum absolute atomic E-state index is 12.9. The molecule has 0 aliphatic carbocycles. The Morgan fingerprint density at radius 1 is 0.691 bits per heavy atom. The van der Waals surface area contributed by atoms with Crippen molar-refractivity contribution in [2.24, 2.45) is 5.90 Å². The zero-order valence-corrected chi connectivity index (χ0v) is 33.7. The van der Waals surface area contributed by atoms with Gasteiger partial charge in [0.25, 0.3) is 11.8 Å². The minimum absolute atomic E-state index is 0.299. The molecule has 18 nitrogen and oxygen atoms in total. The van der Waals surface area contributed by atoms with Crippen LogP contribution in [-0.4, -0.2) is 115 Å². The van der Waals surface area contributed by atoms with Gasteiger partial charge in [-0.1, -0.05) is 54.2 Å². The molecule has 0 atom stereocenters. The predicted molar refractivity (Wildman–Crippen MR) is 207 cm³/mol. The van der Waals surface area contributed by atoms with Gasteiger partial charge in [0.05, 0.1) is 22.2 Å². The van der Waals surface area contributed by atoms with Crippen molar-refractivity contribution in [3.63, 3.8) is 0 Å². The Hall–Kier alpha value is -4.10. The summed E-state index contributed by atoms with van der Waals surface area (Å²) >= 11 is 2.31.